The summed E-state index contributed by atoms with van der Waals surface area (Å²) in [6.07, 6.45) is 3.69. The van der Waals surface area contributed by atoms with Gasteiger partial charge >= 0.3 is 5.97 Å². The first-order chi connectivity index (χ1) is 8.40. The summed E-state index contributed by atoms with van der Waals surface area (Å²) in [6, 6.07) is -0.576. The van der Waals surface area contributed by atoms with Gasteiger partial charge in [-0.25, -0.2) is 4.79 Å². The summed E-state index contributed by atoms with van der Waals surface area (Å²) < 4.78 is 0. The summed E-state index contributed by atoms with van der Waals surface area (Å²) in [5.41, 5.74) is 5.79. The molecule has 1 aliphatic carbocycles. The van der Waals surface area contributed by atoms with E-state index in [1.165, 1.54) is 0 Å². The normalized spacial score (nSPS) is 25.8. The topological polar surface area (TPSA) is 92.4 Å². The predicted octanol–water partition coefficient (Wildman–Crippen LogP) is 1.12. The molecule has 1 saturated carbocycles. The second kappa shape index (κ2) is 6.73. The zero-order chi connectivity index (χ0) is 13.7. The maximum atomic E-state index is 12.0. The van der Waals surface area contributed by atoms with E-state index in [1.807, 2.05) is 13.8 Å². The van der Waals surface area contributed by atoms with Crippen molar-refractivity contribution in [2.75, 3.05) is 0 Å². The average Bonchev–Trinajstić information content (AvgIpc) is 2.28. The van der Waals surface area contributed by atoms with Gasteiger partial charge in [-0.05, 0) is 38.0 Å². The van der Waals surface area contributed by atoms with Crippen LogP contribution in [0.4, 0.5) is 0 Å². The zero-order valence-electron chi connectivity index (χ0n) is 11.2. The predicted molar refractivity (Wildman–Crippen MR) is 69.0 cm³/mol. The van der Waals surface area contributed by atoms with Gasteiger partial charge in [0.1, 0.15) is 6.04 Å². The summed E-state index contributed by atoms with van der Waals surface area (Å²) in [7, 11) is 0. The standard InChI is InChI=1S/C13H24N2O3/c1-8(2)7-11(13(17)18)15-12(16)9-3-5-10(14)6-4-9/h8-11H,3-7,14H2,1-2H3,(H,15,16)(H,17,18). The fourth-order valence-electron chi connectivity index (χ4n) is 2.36. The van der Waals surface area contributed by atoms with Crippen LogP contribution in [0.15, 0.2) is 0 Å². The van der Waals surface area contributed by atoms with Crippen molar-refractivity contribution in [3.8, 4) is 0 Å². The van der Waals surface area contributed by atoms with Crippen LogP contribution in [-0.2, 0) is 9.59 Å². The lowest BCUT2D eigenvalue weighted by Crippen LogP contribution is -2.45. The van der Waals surface area contributed by atoms with Gasteiger partial charge in [-0.2, -0.15) is 0 Å². The van der Waals surface area contributed by atoms with Crippen LogP contribution in [0.1, 0.15) is 46.0 Å². The molecule has 0 radical (unpaired) electrons. The summed E-state index contributed by atoms with van der Waals surface area (Å²) in [4.78, 5) is 23.1. The van der Waals surface area contributed by atoms with Crippen LogP contribution in [0, 0.1) is 11.8 Å². The third-order valence-electron chi connectivity index (χ3n) is 3.46. The Morgan fingerprint density at radius 2 is 1.83 bits per heavy atom. The van der Waals surface area contributed by atoms with Gasteiger partial charge in [0, 0.05) is 12.0 Å². The quantitative estimate of drug-likeness (QED) is 0.687. The SMILES string of the molecule is CC(C)CC(NC(=O)C1CCC(N)CC1)C(=O)O. The number of rotatable bonds is 5. The van der Waals surface area contributed by atoms with Crippen LogP contribution in [0.2, 0.25) is 0 Å². The molecule has 0 saturated heterocycles. The van der Waals surface area contributed by atoms with E-state index in [2.05, 4.69) is 5.32 Å². The van der Waals surface area contributed by atoms with Gasteiger partial charge in [-0.1, -0.05) is 13.8 Å². The lowest BCUT2D eigenvalue weighted by Gasteiger charge is -2.26. The Hall–Kier alpha value is -1.10. The zero-order valence-corrected chi connectivity index (χ0v) is 11.2. The molecule has 1 unspecified atom stereocenters. The van der Waals surface area contributed by atoms with Crippen molar-refractivity contribution in [3.05, 3.63) is 0 Å². The second-order valence-corrected chi connectivity index (χ2v) is 5.64. The van der Waals surface area contributed by atoms with Gasteiger partial charge in [0.15, 0.2) is 0 Å². The highest BCUT2D eigenvalue weighted by molar-refractivity contribution is 5.85. The molecule has 104 valence electrons. The molecule has 0 spiro atoms. The third-order valence-corrected chi connectivity index (χ3v) is 3.46. The molecule has 5 heteroatoms. The molecule has 0 heterocycles. The van der Waals surface area contributed by atoms with Gasteiger partial charge in [-0.3, -0.25) is 4.79 Å². The monoisotopic (exact) mass is 256 g/mol. The van der Waals surface area contributed by atoms with Crippen molar-refractivity contribution in [3.63, 3.8) is 0 Å². The highest BCUT2D eigenvalue weighted by Crippen LogP contribution is 2.23. The summed E-state index contributed by atoms with van der Waals surface area (Å²) in [5.74, 6) is -0.912. The van der Waals surface area contributed by atoms with Crippen LogP contribution in [-0.4, -0.2) is 29.1 Å². The molecule has 1 rings (SSSR count). The minimum absolute atomic E-state index is 0.0705. The Bertz CT molecular complexity index is 297. The number of hydrogen-bond acceptors (Lipinski definition) is 3. The minimum atomic E-state index is -0.954. The average molecular weight is 256 g/mol. The molecule has 0 aromatic carbocycles. The van der Waals surface area contributed by atoms with Crippen LogP contribution < -0.4 is 11.1 Å². The summed E-state index contributed by atoms with van der Waals surface area (Å²) in [6.45, 7) is 3.89. The van der Waals surface area contributed by atoms with Crippen LogP contribution in [0.3, 0.4) is 0 Å². The molecule has 0 bridgehead atoms. The highest BCUT2D eigenvalue weighted by Gasteiger charge is 2.28. The number of hydrogen-bond donors (Lipinski definition) is 3. The van der Waals surface area contributed by atoms with E-state index in [0.717, 1.165) is 25.7 Å². The van der Waals surface area contributed by atoms with Gasteiger partial charge < -0.3 is 16.2 Å². The molecule has 0 aliphatic heterocycles. The van der Waals surface area contributed by atoms with Crippen LogP contribution in [0.25, 0.3) is 0 Å². The van der Waals surface area contributed by atoms with Crippen LogP contribution in [0.5, 0.6) is 0 Å². The third kappa shape index (κ3) is 4.64. The smallest absolute Gasteiger partial charge is 0.326 e. The molecule has 5 nitrogen and oxygen atoms in total. The minimum Gasteiger partial charge on any atom is -0.480 e. The lowest BCUT2D eigenvalue weighted by atomic mass is 9.85. The molecule has 1 fully saturated rings. The maximum Gasteiger partial charge on any atom is 0.326 e. The lowest BCUT2D eigenvalue weighted by molar-refractivity contribution is -0.143. The van der Waals surface area contributed by atoms with Crippen molar-refractivity contribution in [2.24, 2.45) is 17.6 Å². The van der Waals surface area contributed by atoms with E-state index in [0.29, 0.717) is 6.42 Å². The summed E-state index contributed by atoms with van der Waals surface area (Å²) in [5, 5.41) is 11.7. The maximum absolute atomic E-state index is 12.0. The number of nitrogens with one attached hydrogen (secondary N) is 1. The van der Waals surface area contributed by atoms with Crippen molar-refractivity contribution < 1.29 is 14.7 Å². The Labute approximate surface area is 108 Å². The first-order valence-corrected chi connectivity index (χ1v) is 6.69. The van der Waals surface area contributed by atoms with Crippen molar-refractivity contribution in [2.45, 2.75) is 58.0 Å². The van der Waals surface area contributed by atoms with E-state index >= 15 is 0 Å². The number of carbonyl (C=O) groups excluding carboxylic acids is 1. The molecule has 1 amide bonds. The first-order valence-electron chi connectivity index (χ1n) is 6.69. The second-order valence-electron chi connectivity index (χ2n) is 5.64. The van der Waals surface area contributed by atoms with E-state index < -0.39 is 12.0 Å². The fraction of sp³-hybridized carbons (Fsp3) is 0.846. The molecular weight excluding hydrogens is 232 g/mol. The van der Waals surface area contributed by atoms with Crippen molar-refractivity contribution in [1.82, 2.24) is 5.32 Å². The number of amides is 1. The van der Waals surface area contributed by atoms with Crippen molar-refractivity contribution >= 4 is 11.9 Å². The molecular formula is C13H24N2O3. The highest BCUT2D eigenvalue weighted by atomic mass is 16.4. The molecule has 18 heavy (non-hydrogen) atoms. The number of carboxylic acids is 1. The Morgan fingerprint density at radius 3 is 2.28 bits per heavy atom. The largest absolute Gasteiger partial charge is 0.480 e. The Morgan fingerprint density at radius 1 is 1.28 bits per heavy atom. The molecule has 0 aromatic rings. The number of nitrogens with two attached hydrogens (primary N) is 1. The van der Waals surface area contributed by atoms with E-state index in [4.69, 9.17) is 10.8 Å². The van der Waals surface area contributed by atoms with E-state index in [1.54, 1.807) is 0 Å². The van der Waals surface area contributed by atoms with Gasteiger partial charge in [0.2, 0.25) is 5.91 Å². The van der Waals surface area contributed by atoms with E-state index in [9.17, 15) is 9.59 Å². The molecule has 1 atom stereocenters. The van der Waals surface area contributed by atoms with Gasteiger partial charge in [0.05, 0.1) is 0 Å². The molecule has 4 N–H and O–H groups in total. The Kier molecular flexibility index (Phi) is 5.59. The fourth-order valence-corrected chi connectivity index (χ4v) is 2.36. The van der Waals surface area contributed by atoms with Gasteiger partial charge in [0.25, 0.3) is 0 Å². The van der Waals surface area contributed by atoms with Crippen molar-refractivity contribution in [1.29, 1.82) is 0 Å². The number of carbonyl (C=O) groups is 2. The number of aliphatic carboxylic acids is 1. The van der Waals surface area contributed by atoms with Crippen LogP contribution >= 0.6 is 0 Å². The first kappa shape index (κ1) is 15.0. The molecule has 0 aromatic heterocycles. The Balaban J connectivity index is 2.48. The van der Waals surface area contributed by atoms with E-state index in [-0.39, 0.29) is 23.8 Å². The van der Waals surface area contributed by atoms with Gasteiger partial charge in [-0.15, -0.1) is 0 Å². The number of carboxylic acid groups (broad SMARTS) is 1. The molecule has 1 aliphatic rings. The summed E-state index contributed by atoms with van der Waals surface area (Å²) >= 11 is 0.